The largest absolute Gasteiger partial charge is 0.472 e. The summed E-state index contributed by atoms with van der Waals surface area (Å²) in [6.45, 7) is 14.1. The highest BCUT2D eigenvalue weighted by Crippen LogP contribution is 2.45. The number of aliphatic hydroxyl groups excluding tert-OH is 1. The van der Waals surface area contributed by atoms with Gasteiger partial charge in [-0.1, -0.05) is 293 Å². The minimum absolute atomic E-state index is 0.104. The van der Waals surface area contributed by atoms with Gasteiger partial charge in [0, 0.05) is 25.7 Å². The number of hydrogen-bond donors (Lipinski definition) is 3. The lowest BCUT2D eigenvalue weighted by Crippen LogP contribution is -2.30. The molecule has 0 amide bonds. The Morgan fingerprint density at radius 1 is 0.315 bits per heavy atom. The summed E-state index contributed by atoms with van der Waals surface area (Å²) in [5, 5.41) is 10.6. The Morgan fingerprint density at radius 3 is 0.798 bits per heavy atom. The zero-order chi connectivity index (χ0) is 66.1. The fourth-order valence-electron chi connectivity index (χ4n) is 10.5. The van der Waals surface area contributed by atoms with Gasteiger partial charge in [-0.15, -0.1) is 0 Å². The van der Waals surface area contributed by atoms with Gasteiger partial charge in [0.15, 0.2) is 12.2 Å². The molecule has 0 aliphatic carbocycles. The van der Waals surface area contributed by atoms with E-state index in [2.05, 4.69) is 55.4 Å². The molecule has 0 bridgehead atoms. The maximum atomic E-state index is 13.0. The van der Waals surface area contributed by atoms with Crippen LogP contribution in [0.25, 0.3) is 0 Å². The highest BCUT2D eigenvalue weighted by Gasteiger charge is 2.30. The van der Waals surface area contributed by atoms with E-state index in [0.29, 0.717) is 31.6 Å². The van der Waals surface area contributed by atoms with Crippen molar-refractivity contribution >= 4 is 39.5 Å². The van der Waals surface area contributed by atoms with E-state index in [0.717, 1.165) is 114 Å². The van der Waals surface area contributed by atoms with Gasteiger partial charge in [-0.05, 0) is 49.4 Å². The number of phosphoric ester groups is 2. The van der Waals surface area contributed by atoms with Crippen molar-refractivity contribution in [1.82, 2.24) is 0 Å². The summed E-state index contributed by atoms with van der Waals surface area (Å²) >= 11 is 0. The summed E-state index contributed by atoms with van der Waals surface area (Å²) < 4.78 is 68.3. The van der Waals surface area contributed by atoms with E-state index in [1.54, 1.807) is 0 Å². The summed E-state index contributed by atoms with van der Waals surface area (Å²) in [7, 11) is -9.90. The average molecular weight is 1310 g/mol. The molecule has 0 fully saturated rings. The first-order valence-corrected chi connectivity index (χ1v) is 39.2. The van der Waals surface area contributed by atoms with Crippen molar-refractivity contribution < 1.29 is 80.2 Å². The maximum Gasteiger partial charge on any atom is 0.472 e. The van der Waals surface area contributed by atoms with Crippen molar-refractivity contribution in [1.29, 1.82) is 0 Å². The second-order valence-corrected chi connectivity index (χ2v) is 29.8. The molecule has 0 saturated carbocycles. The van der Waals surface area contributed by atoms with E-state index >= 15 is 0 Å². The number of phosphoric acid groups is 2. The molecule has 0 saturated heterocycles. The van der Waals surface area contributed by atoms with Gasteiger partial charge in [0.25, 0.3) is 0 Å². The predicted molar refractivity (Wildman–Crippen MR) is 358 cm³/mol. The number of carbonyl (C=O) groups is 4. The highest BCUT2D eigenvalue weighted by atomic mass is 31.2. The summed E-state index contributed by atoms with van der Waals surface area (Å²) in [6.07, 6.45) is 41.7. The van der Waals surface area contributed by atoms with Crippen LogP contribution >= 0.6 is 15.6 Å². The molecule has 0 aliphatic rings. The molecule has 0 rings (SSSR count). The second-order valence-electron chi connectivity index (χ2n) is 26.9. The van der Waals surface area contributed by atoms with Crippen LogP contribution in [-0.4, -0.2) is 96.7 Å². The van der Waals surface area contributed by atoms with Crippen LogP contribution < -0.4 is 0 Å². The fourth-order valence-corrected chi connectivity index (χ4v) is 12.0. The number of carbonyl (C=O) groups excluding carboxylic acids is 4. The Balaban J connectivity index is 5.25. The number of rotatable bonds is 67. The quantitative estimate of drug-likeness (QED) is 0.0222. The van der Waals surface area contributed by atoms with E-state index < -0.39 is 97.5 Å². The molecule has 0 aromatic carbocycles. The van der Waals surface area contributed by atoms with E-state index in [1.165, 1.54) is 141 Å². The van der Waals surface area contributed by atoms with Crippen LogP contribution in [-0.2, 0) is 65.4 Å². The first kappa shape index (κ1) is 87.1. The predicted octanol–water partition coefficient (Wildman–Crippen LogP) is 19.7. The standard InChI is InChI=1S/C70H136O17P2/c1-9-63(8)49-41-33-25-16-13-14-17-26-34-42-50-67(72)80-56-65(87-70(75)53-45-37-28-20-19-23-31-39-47-61(4)5)58-84-88(76,77)82-54-64(71)55-83-89(78,79)85-59-66(57-81-68(73)51-43-35-29-21-24-32-40-48-62(6)7)86-69(74)52-44-36-27-18-12-10-11-15-22-30-38-46-60(2)3/h60-66,71H,9-59H2,1-8H3,(H,76,77)(H,78,79)/t63?,64?,65-,66-/m1/s1. The fraction of sp³-hybridized carbons (Fsp3) is 0.943. The van der Waals surface area contributed by atoms with Crippen molar-refractivity contribution in [3.63, 3.8) is 0 Å². The number of aliphatic hydroxyl groups is 1. The van der Waals surface area contributed by atoms with Crippen LogP contribution in [0.4, 0.5) is 0 Å². The van der Waals surface area contributed by atoms with Gasteiger partial charge in [0.1, 0.15) is 19.3 Å². The molecule has 17 nitrogen and oxygen atoms in total. The topological polar surface area (TPSA) is 237 Å². The average Bonchev–Trinajstić information content (AvgIpc) is 3.68. The van der Waals surface area contributed by atoms with Crippen LogP contribution in [0.5, 0.6) is 0 Å². The molecule has 4 unspecified atom stereocenters. The van der Waals surface area contributed by atoms with Crippen LogP contribution in [0, 0.1) is 23.7 Å². The molecule has 3 N–H and O–H groups in total. The van der Waals surface area contributed by atoms with Crippen molar-refractivity contribution in [3.8, 4) is 0 Å². The second kappa shape index (κ2) is 59.8. The Morgan fingerprint density at radius 2 is 0.539 bits per heavy atom. The zero-order valence-electron chi connectivity index (χ0n) is 58.1. The van der Waals surface area contributed by atoms with Crippen LogP contribution in [0.1, 0.15) is 344 Å². The van der Waals surface area contributed by atoms with Crippen molar-refractivity contribution in [3.05, 3.63) is 0 Å². The molecule has 0 aliphatic heterocycles. The van der Waals surface area contributed by atoms with E-state index in [1.807, 2.05) is 0 Å². The van der Waals surface area contributed by atoms with E-state index in [-0.39, 0.29) is 25.7 Å². The number of ether oxygens (including phenoxy) is 4. The SMILES string of the molecule is CCC(C)CCCCCCCCCCCCC(=O)OC[C@H](COP(=O)(O)OCC(O)COP(=O)(O)OC[C@@H](COC(=O)CCCCCCCCCC(C)C)OC(=O)CCCCCCCCCCCCCC(C)C)OC(=O)CCCCCCCCCCC(C)C. The molecule has 0 heterocycles. The molecule has 19 heteroatoms. The van der Waals surface area contributed by atoms with E-state index in [4.69, 9.17) is 37.0 Å². The molecule has 6 atom stereocenters. The lowest BCUT2D eigenvalue weighted by atomic mass is 9.99. The maximum absolute atomic E-state index is 13.0. The number of unbranched alkanes of at least 4 members (excludes halogenated alkanes) is 32. The van der Waals surface area contributed by atoms with Crippen LogP contribution in [0.15, 0.2) is 0 Å². The van der Waals surface area contributed by atoms with Crippen LogP contribution in [0.2, 0.25) is 0 Å². The van der Waals surface area contributed by atoms with Crippen molar-refractivity contribution in [2.75, 3.05) is 39.6 Å². The molecular formula is C70H136O17P2. The third kappa shape index (κ3) is 63.2. The molecule has 0 aromatic heterocycles. The summed E-state index contributed by atoms with van der Waals surface area (Å²) in [5.74, 6) is 0.867. The van der Waals surface area contributed by atoms with Crippen molar-refractivity contribution in [2.24, 2.45) is 23.7 Å². The van der Waals surface area contributed by atoms with Gasteiger partial charge >= 0.3 is 39.5 Å². The smallest absolute Gasteiger partial charge is 0.462 e. The number of hydrogen-bond acceptors (Lipinski definition) is 15. The monoisotopic (exact) mass is 1310 g/mol. The van der Waals surface area contributed by atoms with Crippen molar-refractivity contribution in [2.45, 2.75) is 363 Å². The molecular weight excluding hydrogens is 1170 g/mol. The third-order valence-corrected chi connectivity index (χ3v) is 18.3. The lowest BCUT2D eigenvalue weighted by molar-refractivity contribution is -0.161. The van der Waals surface area contributed by atoms with E-state index in [9.17, 15) is 43.2 Å². The van der Waals surface area contributed by atoms with Crippen LogP contribution in [0.3, 0.4) is 0 Å². The number of esters is 4. The molecule has 0 radical (unpaired) electrons. The molecule has 89 heavy (non-hydrogen) atoms. The first-order chi connectivity index (χ1) is 42.6. The third-order valence-electron chi connectivity index (χ3n) is 16.4. The molecule has 528 valence electrons. The van der Waals surface area contributed by atoms with Gasteiger partial charge in [0.05, 0.1) is 26.4 Å². The van der Waals surface area contributed by atoms with Gasteiger partial charge < -0.3 is 33.8 Å². The summed E-state index contributed by atoms with van der Waals surface area (Å²) in [6, 6.07) is 0. The highest BCUT2D eigenvalue weighted by molar-refractivity contribution is 7.47. The minimum atomic E-state index is -4.95. The summed E-state index contributed by atoms with van der Waals surface area (Å²) in [4.78, 5) is 72.5. The van der Waals surface area contributed by atoms with Gasteiger partial charge in [0.2, 0.25) is 0 Å². The van der Waals surface area contributed by atoms with Gasteiger partial charge in [-0.2, -0.15) is 0 Å². The Labute approximate surface area is 543 Å². The minimum Gasteiger partial charge on any atom is -0.462 e. The molecule has 0 spiro atoms. The lowest BCUT2D eigenvalue weighted by Gasteiger charge is -2.21. The zero-order valence-corrected chi connectivity index (χ0v) is 59.8. The Kier molecular flexibility index (Phi) is 58.5. The van der Waals surface area contributed by atoms with Gasteiger partial charge in [-0.25, -0.2) is 9.13 Å². The Bertz CT molecular complexity index is 1770. The molecule has 0 aromatic rings. The first-order valence-electron chi connectivity index (χ1n) is 36.2. The van der Waals surface area contributed by atoms with Gasteiger partial charge in [-0.3, -0.25) is 37.3 Å². The Hall–Kier alpha value is -1.94. The summed E-state index contributed by atoms with van der Waals surface area (Å²) in [5.41, 5.74) is 0. The normalized spacial score (nSPS) is 14.6.